The molecule has 0 aromatic carbocycles. The lowest BCUT2D eigenvalue weighted by Gasteiger charge is -2.33. The van der Waals surface area contributed by atoms with Crippen LogP contribution in [0.25, 0.3) is 0 Å². The van der Waals surface area contributed by atoms with E-state index >= 15 is 0 Å². The summed E-state index contributed by atoms with van der Waals surface area (Å²) >= 11 is 1.33. The minimum absolute atomic E-state index is 0.0829. The number of aliphatic hydroxyl groups excluding tert-OH is 1. The molecule has 0 atom stereocenters. The zero-order chi connectivity index (χ0) is 13.8. The smallest absolute Gasteiger partial charge is 0.264 e. The SMILES string of the molecule is CN(C(=O)c1ccc(C#CCN)s1)C(C)(C)CO. The molecule has 1 aromatic heterocycles. The summed E-state index contributed by atoms with van der Waals surface area (Å²) in [7, 11) is 1.68. The first-order valence-electron chi connectivity index (χ1n) is 5.60. The Kier molecular flexibility index (Phi) is 4.91. The average Bonchev–Trinajstić information content (AvgIpc) is 2.83. The van der Waals surface area contributed by atoms with Gasteiger partial charge < -0.3 is 15.7 Å². The summed E-state index contributed by atoms with van der Waals surface area (Å²) in [4.78, 5) is 15.2. The van der Waals surface area contributed by atoms with Gasteiger partial charge in [-0.25, -0.2) is 0 Å². The Morgan fingerprint density at radius 1 is 1.56 bits per heavy atom. The molecule has 1 amide bonds. The van der Waals surface area contributed by atoms with Crippen LogP contribution in [-0.2, 0) is 0 Å². The van der Waals surface area contributed by atoms with Crippen LogP contribution in [0, 0.1) is 11.8 Å². The summed E-state index contributed by atoms with van der Waals surface area (Å²) in [6, 6.07) is 3.55. The van der Waals surface area contributed by atoms with E-state index in [0.717, 1.165) is 4.88 Å². The number of likely N-dealkylation sites (N-methyl/N-ethyl adjacent to an activating group) is 1. The Morgan fingerprint density at radius 3 is 2.78 bits per heavy atom. The number of thiophene rings is 1. The molecule has 0 radical (unpaired) electrons. The Labute approximate surface area is 111 Å². The normalized spacial score (nSPS) is 10.7. The van der Waals surface area contributed by atoms with Gasteiger partial charge in [-0.15, -0.1) is 11.3 Å². The van der Waals surface area contributed by atoms with E-state index in [-0.39, 0.29) is 12.5 Å². The maximum absolute atomic E-state index is 12.2. The predicted octanol–water partition coefficient (Wildman–Crippen LogP) is 0.901. The number of hydrogen-bond acceptors (Lipinski definition) is 4. The van der Waals surface area contributed by atoms with Gasteiger partial charge in [0.2, 0.25) is 0 Å². The third kappa shape index (κ3) is 3.33. The molecule has 0 fully saturated rings. The highest BCUT2D eigenvalue weighted by molar-refractivity contribution is 7.14. The maximum atomic E-state index is 12.2. The Morgan fingerprint density at radius 2 is 2.22 bits per heavy atom. The lowest BCUT2D eigenvalue weighted by molar-refractivity contribution is 0.0478. The van der Waals surface area contributed by atoms with Crippen LogP contribution in [0.1, 0.15) is 28.4 Å². The van der Waals surface area contributed by atoms with Crippen molar-refractivity contribution < 1.29 is 9.90 Å². The van der Waals surface area contributed by atoms with Crippen molar-refractivity contribution in [2.45, 2.75) is 19.4 Å². The minimum atomic E-state index is -0.579. The van der Waals surface area contributed by atoms with E-state index < -0.39 is 5.54 Å². The van der Waals surface area contributed by atoms with Crippen LogP contribution in [0.15, 0.2) is 12.1 Å². The quantitative estimate of drug-likeness (QED) is 0.799. The van der Waals surface area contributed by atoms with Crippen LogP contribution in [0.2, 0.25) is 0 Å². The molecule has 5 heteroatoms. The van der Waals surface area contributed by atoms with Crippen molar-refractivity contribution in [2.24, 2.45) is 5.73 Å². The van der Waals surface area contributed by atoms with Gasteiger partial charge in [-0.1, -0.05) is 11.8 Å². The second kappa shape index (κ2) is 6.01. The van der Waals surface area contributed by atoms with Crippen molar-refractivity contribution in [3.05, 3.63) is 21.9 Å². The molecule has 0 unspecified atom stereocenters. The van der Waals surface area contributed by atoms with Crippen molar-refractivity contribution in [1.82, 2.24) is 4.90 Å². The summed E-state index contributed by atoms with van der Waals surface area (Å²) < 4.78 is 0. The Hall–Kier alpha value is -1.35. The lowest BCUT2D eigenvalue weighted by Crippen LogP contribution is -2.47. The van der Waals surface area contributed by atoms with Gasteiger partial charge in [-0.3, -0.25) is 4.79 Å². The summed E-state index contributed by atoms with van der Waals surface area (Å²) in [5.41, 5.74) is 4.72. The molecule has 3 N–H and O–H groups in total. The highest BCUT2D eigenvalue weighted by atomic mass is 32.1. The molecule has 98 valence electrons. The number of amides is 1. The molecule has 0 saturated heterocycles. The predicted molar refractivity (Wildman–Crippen MR) is 73.5 cm³/mol. The van der Waals surface area contributed by atoms with Crippen molar-refractivity contribution >= 4 is 17.2 Å². The van der Waals surface area contributed by atoms with Crippen LogP contribution >= 0.6 is 11.3 Å². The van der Waals surface area contributed by atoms with Crippen LogP contribution < -0.4 is 5.73 Å². The van der Waals surface area contributed by atoms with E-state index in [2.05, 4.69) is 11.8 Å². The van der Waals surface area contributed by atoms with Gasteiger partial charge in [0, 0.05) is 7.05 Å². The van der Waals surface area contributed by atoms with Gasteiger partial charge in [0.1, 0.15) is 0 Å². The van der Waals surface area contributed by atoms with E-state index in [9.17, 15) is 9.90 Å². The Balaban J connectivity index is 2.88. The van der Waals surface area contributed by atoms with E-state index in [1.807, 2.05) is 13.8 Å². The van der Waals surface area contributed by atoms with Crippen LogP contribution in [0.5, 0.6) is 0 Å². The van der Waals surface area contributed by atoms with Gasteiger partial charge in [0.25, 0.3) is 5.91 Å². The van der Waals surface area contributed by atoms with Crippen molar-refractivity contribution in [1.29, 1.82) is 0 Å². The van der Waals surface area contributed by atoms with Gasteiger partial charge in [0.15, 0.2) is 0 Å². The monoisotopic (exact) mass is 266 g/mol. The second-order valence-electron chi connectivity index (χ2n) is 4.50. The zero-order valence-electron chi connectivity index (χ0n) is 10.9. The first-order chi connectivity index (χ1) is 8.42. The topological polar surface area (TPSA) is 66.6 Å². The second-order valence-corrected chi connectivity index (χ2v) is 5.59. The fourth-order valence-electron chi connectivity index (χ4n) is 1.20. The summed E-state index contributed by atoms with van der Waals surface area (Å²) in [6.07, 6.45) is 0. The molecule has 0 aliphatic heterocycles. The molecule has 0 saturated carbocycles. The first-order valence-corrected chi connectivity index (χ1v) is 6.42. The molecule has 4 nitrogen and oxygen atoms in total. The fourth-order valence-corrected chi connectivity index (χ4v) is 2.06. The standard InChI is InChI=1S/C13H18N2O2S/c1-13(2,9-16)15(3)12(17)11-7-6-10(18-11)5-4-8-14/h6-7,16H,8-9,14H2,1-3H3. The number of nitrogens with two attached hydrogens (primary N) is 1. The van der Waals surface area contributed by atoms with Gasteiger partial charge in [-0.05, 0) is 26.0 Å². The van der Waals surface area contributed by atoms with E-state index in [4.69, 9.17) is 5.73 Å². The van der Waals surface area contributed by atoms with Gasteiger partial charge in [0.05, 0.1) is 28.4 Å². The van der Waals surface area contributed by atoms with Gasteiger partial charge >= 0.3 is 0 Å². The third-order valence-corrected chi connectivity index (χ3v) is 3.72. The average molecular weight is 266 g/mol. The van der Waals surface area contributed by atoms with Crippen LogP contribution in [0.4, 0.5) is 0 Å². The van der Waals surface area contributed by atoms with E-state index in [1.165, 1.54) is 11.3 Å². The van der Waals surface area contributed by atoms with Gasteiger partial charge in [-0.2, -0.15) is 0 Å². The number of carbonyl (C=O) groups is 1. The molecule has 1 aromatic rings. The zero-order valence-corrected chi connectivity index (χ0v) is 11.7. The minimum Gasteiger partial charge on any atom is -0.394 e. The number of aliphatic hydroxyl groups is 1. The fraction of sp³-hybridized carbons (Fsp3) is 0.462. The molecule has 0 aliphatic rings. The maximum Gasteiger partial charge on any atom is 0.264 e. The van der Waals surface area contributed by atoms with E-state index in [0.29, 0.717) is 11.4 Å². The molecule has 0 bridgehead atoms. The Bertz CT molecular complexity index is 483. The first kappa shape index (κ1) is 14.7. The van der Waals surface area contributed by atoms with Crippen LogP contribution in [0.3, 0.4) is 0 Å². The number of rotatable bonds is 3. The molecule has 1 rings (SSSR count). The molecule has 1 heterocycles. The van der Waals surface area contributed by atoms with E-state index in [1.54, 1.807) is 24.1 Å². The summed E-state index contributed by atoms with van der Waals surface area (Å²) in [5.74, 6) is 5.53. The number of carbonyl (C=O) groups excluding carboxylic acids is 1. The number of hydrogen-bond donors (Lipinski definition) is 2. The third-order valence-electron chi connectivity index (χ3n) is 2.73. The summed E-state index contributed by atoms with van der Waals surface area (Å²) in [6.45, 7) is 3.85. The molecular formula is C13H18N2O2S. The highest BCUT2D eigenvalue weighted by Gasteiger charge is 2.28. The molecular weight excluding hydrogens is 248 g/mol. The van der Waals surface area contributed by atoms with Crippen molar-refractivity contribution in [3.8, 4) is 11.8 Å². The van der Waals surface area contributed by atoms with Crippen molar-refractivity contribution in [2.75, 3.05) is 20.2 Å². The number of nitrogens with zero attached hydrogens (tertiary/aromatic N) is 1. The van der Waals surface area contributed by atoms with Crippen LogP contribution in [-0.4, -0.2) is 41.7 Å². The molecule has 0 aliphatic carbocycles. The lowest BCUT2D eigenvalue weighted by atomic mass is 10.1. The largest absolute Gasteiger partial charge is 0.394 e. The summed E-state index contributed by atoms with van der Waals surface area (Å²) in [5, 5.41) is 9.25. The highest BCUT2D eigenvalue weighted by Crippen LogP contribution is 2.21. The molecule has 0 spiro atoms. The van der Waals surface area contributed by atoms with Crippen molar-refractivity contribution in [3.63, 3.8) is 0 Å². The molecule has 18 heavy (non-hydrogen) atoms.